The molecule has 0 fully saturated rings. The van der Waals surface area contributed by atoms with Gasteiger partial charge in [-0.3, -0.25) is 9.32 Å². The minimum Gasteiger partial charge on any atom is -0.397 e. The van der Waals surface area contributed by atoms with Crippen LogP contribution in [0.25, 0.3) is 21.5 Å². The minimum atomic E-state index is -0.769. The van der Waals surface area contributed by atoms with Crippen molar-refractivity contribution in [2.24, 2.45) is 7.05 Å². The van der Waals surface area contributed by atoms with E-state index >= 15 is 0 Å². The van der Waals surface area contributed by atoms with Crippen LogP contribution in [-0.2, 0) is 7.05 Å². The van der Waals surface area contributed by atoms with Crippen molar-refractivity contribution in [2.45, 2.75) is 0 Å². The number of benzene rings is 1. The Morgan fingerprint density at radius 3 is 2.65 bits per heavy atom. The lowest BCUT2D eigenvalue weighted by Gasteiger charge is -2.01. The van der Waals surface area contributed by atoms with Crippen molar-refractivity contribution in [3.05, 3.63) is 63.2 Å². The van der Waals surface area contributed by atoms with E-state index in [0.717, 1.165) is 16.9 Å². The maximum atomic E-state index is 13.1. The van der Waals surface area contributed by atoms with Gasteiger partial charge in [0, 0.05) is 10.9 Å². The van der Waals surface area contributed by atoms with E-state index < -0.39 is 11.4 Å². The summed E-state index contributed by atoms with van der Waals surface area (Å²) in [6.07, 6.45) is 0. The number of fused-ring (bicyclic) bond motifs is 1. The Hall–Kier alpha value is -3.33. The van der Waals surface area contributed by atoms with Gasteiger partial charge >= 0.3 is 11.3 Å². The number of thiophene rings is 1. The Morgan fingerprint density at radius 1 is 1.27 bits per heavy atom. The molecule has 0 atom stereocenters. The molecule has 0 aliphatic heterocycles. The molecule has 7 nitrogen and oxygen atoms in total. The van der Waals surface area contributed by atoms with Crippen molar-refractivity contribution in [1.82, 2.24) is 10.3 Å². The first-order valence-corrected chi connectivity index (χ1v) is 8.34. The highest BCUT2D eigenvalue weighted by molar-refractivity contribution is 7.21. The van der Waals surface area contributed by atoms with Gasteiger partial charge in [0.2, 0.25) is 0 Å². The normalized spacial score (nSPS) is 11.2. The predicted molar refractivity (Wildman–Crippen MR) is 93.4 cm³/mol. The molecule has 0 unspecified atom stereocenters. The number of nitrogens with two attached hydrogens (primary N) is 1. The highest BCUT2D eigenvalue weighted by Crippen LogP contribution is 2.35. The third kappa shape index (κ3) is 2.49. The van der Waals surface area contributed by atoms with Gasteiger partial charge in [0.1, 0.15) is 15.5 Å². The third-order valence-corrected chi connectivity index (χ3v) is 5.07. The smallest absolute Gasteiger partial charge is 0.397 e. The number of nitrogens with one attached hydrogen (secondary N) is 1. The molecule has 0 amide bonds. The number of anilines is 1. The van der Waals surface area contributed by atoms with Crippen molar-refractivity contribution in [3.8, 4) is 11.3 Å². The summed E-state index contributed by atoms with van der Waals surface area (Å²) in [5, 5.41) is 2.92. The summed E-state index contributed by atoms with van der Waals surface area (Å²) < 4.78 is 18.9. The molecular weight excluding hydrogens is 359 g/mol. The molecule has 1 aromatic carbocycles. The van der Waals surface area contributed by atoms with Crippen LogP contribution in [0.1, 0.15) is 15.4 Å². The topological polar surface area (TPSA) is 106 Å². The first-order chi connectivity index (χ1) is 12.5. The standard InChI is InChI=1S/C17H11FN4O3S/c1-22-13(17(24)25-21-22)14(23)15-12(19)10-6-7-11(20-16(10)26-15)8-2-4-9(18)5-3-8/h2-7H,1H3,(H2-,19,21,23,24)/p+1. The van der Waals surface area contributed by atoms with E-state index in [4.69, 9.17) is 5.73 Å². The summed E-state index contributed by atoms with van der Waals surface area (Å²) >= 11 is 1.09. The van der Waals surface area contributed by atoms with E-state index in [1.54, 1.807) is 24.3 Å². The zero-order valence-electron chi connectivity index (χ0n) is 13.4. The van der Waals surface area contributed by atoms with Gasteiger partial charge in [0.05, 0.1) is 11.4 Å². The average molecular weight is 371 g/mol. The number of nitrogen functional groups attached to an aromatic ring is 1. The van der Waals surface area contributed by atoms with Crippen molar-refractivity contribution in [3.63, 3.8) is 0 Å². The summed E-state index contributed by atoms with van der Waals surface area (Å²) in [6.45, 7) is 0. The van der Waals surface area contributed by atoms with Crippen LogP contribution in [0, 0.1) is 5.82 Å². The maximum absolute atomic E-state index is 13.1. The number of halogens is 1. The number of carbonyl (C=O) groups is 1. The minimum absolute atomic E-state index is 0.151. The van der Waals surface area contributed by atoms with Crippen molar-refractivity contribution >= 4 is 33.0 Å². The van der Waals surface area contributed by atoms with Crippen LogP contribution in [0.4, 0.5) is 10.1 Å². The number of hydrogen-bond donors (Lipinski definition) is 2. The summed E-state index contributed by atoms with van der Waals surface area (Å²) in [5.41, 5.74) is 6.81. The van der Waals surface area contributed by atoms with E-state index in [1.165, 1.54) is 23.9 Å². The molecule has 3 aromatic heterocycles. The Morgan fingerprint density at radius 2 is 2.00 bits per heavy atom. The van der Waals surface area contributed by atoms with E-state index in [2.05, 4.69) is 14.8 Å². The molecule has 26 heavy (non-hydrogen) atoms. The highest BCUT2D eigenvalue weighted by Gasteiger charge is 2.31. The molecule has 9 heteroatoms. The van der Waals surface area contributed by atoms with Crippen LogP contribution in [0.5, 0.6) is 0 Å². The first kappa shape index (κ1) is 16.2. The molecular formula is C17H12FN4O3S+. The molecule has 4 rings (SSSR count). The largest absolute Gasteiger partial charge is 0.438 e. The average Bonchev–Trinajstić information content (AvgIpc) is 3.14. The number of aromatic nitrogens is 3. The number of rotatable bonds is 3. The summed E-state index contributed by atoms with van der Waals surface area (Å²) in [5.74, 6) is -0.868. The van der Waals surface area contributed by atoms with Crippen LogP contribution < -0.4 is 16.0 Å². The summed E-state index contributed by atoms with van der Waals surface area (Å²) in [4.78, 5) is 29.7. The predicted octanol–water partition coefficient (Wildman–Crippen LogP) is 2.02. The van der Waals surface area contributed by atoms with Gasteiger partial charge in [0.25, 0.3) is 5.78 Å². The monoisotopic (exact) mass is 371 g/mol. The SMILES string of the molecule is C[n+]1[nH]oc(=O)c1C(=O)c1sc2nc(-c3ccc(F)cc3)ccc2c1N. The molecule has 0 spiro atoms. The number of aromatic amines is 1. The molecule has 0 aliphatic carbocycles. The molecule has 4 aromatic rings. The van der Waals surface area contributed by atoms with Gasteiger partial charge in [0.15, 0.2) is 7.05 Å². The van der Waals surface area contributed by atoms with Crippen molar-refractivity contribution in [2.75, 3.05) is 5.73 Å². The number of ketones is 1. The fourth-order valence-corrected chi connectivity index (χ4v) is 3.68. The lowest BCUT2D eigenvalue weighted by atomic mass is 10.1. The van der Waals surface area contributed by atoms with Gasteiger partial charge in [-0.15, -0.1) is 11.3 Å². The van der Waals surface area contributed by atoms with Gasteiger partial charge in [-0.2, -0.15) is 0 Å². The highest BCUT2D eigenvalue weighted by atomic mass is 32.1. The molecule has 0 aliphatic rings. The Kier molecular flexibility index (Phi) is 3.66. The van der Waals surface area contributed by atoms with E-state index in [9.17, 15) is 14.0 Å². The van der Waals surface area contributed by atoms with Crippen LogP contribution in [0.3, 0.4) is 0 Å². The van der Waals surface area contributed by atoms with E-state index in [1.807, 2.05) is 0 Å². The number of pyridine rings is 1. The first-order valence-electron chi connectivity index (χ1n) is 7.53. The lowest BCUT2D eigenvalue weighted by molar-refractivity contribution is -0.741. The van der Waals surface area contributed by atoms with Crippen molar-refractivity contribution in [1.29, 1.82) is 0 Å². The van der Waals surface area contributed by atoms with Gasteiger partial charge < -0.3 is 5.73 Å². The number of aryl methyl sites for hydroxylation is 1. The molecule has 0 saturated heterocycles. The zero-order chi connectivity index (χ0) is 18.4. The van der Waals surface area contributed by atoms with Gasteiger partial charge in [-0.05, 0) is 41.7 Å². The fourth-order valence-electron chi connectivity index (χ4n) is 2.64. The van der Waals surface area contributed by atoms with Crippen LogP contribution >= 0.6 is 11.3 Å². The Balaban J connectivity index is 1.83. The van der Waals surface area contributed by atoms with Crippen LogP contribution in [-0.4, -0.2) is 16.0 Å². The van der Waals surface area contributed by atoms with E-state index in [-0.39, 0.29) is 22.1 Å². The Labute approximate surface area is 149 Å². The molecule has 130 valence electrons. The van der Waals surface area contributed by atoms with Crippen LogP contribution in [0.15, 0.2) is 45.7 Å². The lowest BCUT2D eigenvalue weighted by Crippen LogP contribution is -2.39. The number of H-pyrrole nitrogens is 1. The maximum Gasteiger partial charge on any atom is 0.438 e. The number of nitrogens with zero attached hydrogens (tertiary/aromatic N) is 2. The third-order valence-electron chi connectivity index (χ3n) is 3.96. The zero-order valence-corrected chi connectivity index (χ0v) is 14.3. The van der Waals surface area contributed by atoms with Gasteiger partial charge in [-0.25, -0.2) is 14.2 Å². The second kappa shape index (κ2) is 5.88. The second-order valence-corrected chi connectivity index (χ2v) is 6.62. The summed E-state index contributed by atoms with van der Waals surface area (Å²) in [6, 6.07) is 9.45. The fraction of sp³-hybridized carbons (Fsp3) is 0.0588. The molecule has 0 radical (unpaired) electrons. The molecule has 0 bridgehead atoms. The molecule has 0 saturated carbocycles. The molecule has 3 N–H and O–H groups in total. The number of hydrogen-bond acceptors (Lipinski definition) is 6. The Bertz CT molecular complexity index is 1210. The molecule has 3 heterocycles. The quantitative estimate of drug-likeness (QED) is 0.423. The van der Waals surface area contributed by atoms with Crippen molar-refractivity contribution < 1.29 is 18.4 Å². The number of carbonyl (C=O) groups excluding carboxylic acids is 1. The van der Waals surface area contributed by atoms with E-state index in [0.29, 0.717) is 15.9 Å². The van der Waals surface area contributed by atoms with Crippen LogP contribution in [0.2, 0.25) is 0 Å². The summed E-state index contributed by atoms with van der Waals surface area (Å²) in [7, 11) is 1.49. The second-order valence-electron chi connectivity index (χ2n) is 5.62. The van der Waals surface area contributed by atoms with Gasteiger partial charge in [-0.1, -0.05) is 4.68 Å².